The predicted molar refractivity (Wildman–Crippen MR) is 66.8 cm³/mol. The van der Waals surface area contributed by atoms with Crippen LogP contribution in [-0.4, -0.2) is 46.4 Å². The van der Waals surface area contributed by atoms with Crippen LogP contribution in [-0.2, 0) is 16.1 Å². The molecule has 7 heteroatoms. The number of carbonyl (C=O) groups excluding carboxylic acids is 1. The minimum atomic E-state index is -0.144. The van der Waals surface area contributed by atoms with E-state index in [2.05, 4.69) is 15.5 Å². The van der Waals surface area contributed by atoms with Crippen molar-refractivity contribution >= 4 is 17.7 Å². The highest BCUT2D eigenvalue weighted by Gasteiger charge is 2.14. The van der Waals surface area contributed by atoms with Crippen LogP contribution in [0.1, 0.15) is 18.8 Å². The molecule has 0 saturated heterocycles. The average molecular weight is 258 g/mol. The van der Waals surface area contributed by atoms with Crippen molar-refractivity contribution in [3.05, 3.63) is 12.2 Å². The maximum atomic E-state index is 11.5. The highest BCUT2D eigenvalue weighted by atomic mass is 32.2. The van der Waals surface area contributed by atoms with Crippen molar-refractivity contribution in [1.82, 2.24) is 20.1 Å². The molecule has 0 bridgehead atoms. The molecule has 1 rings (SSSR count). The summed E-state index contributed by atoms with van der Waals surface area (Å²) in [5, 5.41) is 10.7. The predicted octanol–water partition coefficient (Wildman–Crippen LogP) is 0.465. The van der Waals surface area contributed by atoms with E-state index in [1.165, 1.54) is 11.8 Å². The number of thioether (sulfide) groups is 1. The van der Waals surface area contributed by atoms with Gasteiger partial charge in [0.25, 0.3) is 0 Å². The van der Waals surface area contributed by atoms with Gasteiger partial charge in [0.15, 0.2) is 5.82 Å². The number of ether oxygens (including phenoxy) is 1. The number of nitrogens with zero attached hydrogens (tertiary/aromatic N) is 3. The fraction of sp³-hybridized carbons (Fsp3) is 0.700. The molecule has 0 spiro atoms. The van der Waals surface area contributed by atoms with Gasteiger partial charge in [0, 0.05) is 13.7 Å². The SMILES string of the molecule is COCCn1cnnc1C(C)NC(=O)CSC. The molecule has 0 radical (unpaired) electrons. The topological polar surface area (TPSA) is 69.0 Å². The van der Waals surface area contributed by atoms with Gasteiger partial charge in [-0.05, 0) is 13.2 Å². The van der Waals surface area contributed by atoms with Gasteiger partial charge >= 0.3 is 0 Å². The van der Waals surface area contributed by atoms with Crippen molar-refractivity contribution in [1.29, 1.82) is 0 Å². The monoisotopic (exact) mass is 258 g/mol. The minimum Gasteiger partial charge on any atom is -0.383 e. The lowest BCUT2D eigenvalue weighted by atomic mass is 10.3. The highest BCUT2D eigenvalue weighted by Crippen LogP contribution is 2.09. The number of amides is 1. The van der Waals surface area contributed by atoms with Gasteiger partial charge in [-0.15, -0.1) is 10.2 Å². The van der Waals surface area contributed by atoms with Crippen molar-refractivity contribution in [2.75, 3.05) is 25.7 Å². The van der Waals surface area contributed by atoms with E-state index in [1.54, 1.807) is 13.4 Å². The van der Waals surface area contributed by atoms with Crippen LogP contribution in [0, 0.1) is 0 Å². The largest absolute Gasteiger partial charge is 0.383 e. The van der Waals surface area contributed by atoms with Gasteiger partial charge in [0.05, 0.1) is 18.4 Å². The van der Waals surface area contributed by atoms with Crippen molar-refractivity contribution in [3.8, 4) is 0 Å². The summed E-state index contributed by atoms with van der Waals surface area (Å²) < 4.78 is 6.88. The number of hydrogen-bond donors (Lipinski definition) is 1. The number of carbonyl (C=O) groups is 1. The van der Waals surface area contributed by atoms with E-state index < -0.39 is 0 Å². The van der Waals surface area contributed by atoms with E-state index in [9.17, 15) is 4.79 Å². The molecule has 1 amide bonds. The third-order valence-electron chi connectivity index (χ3n) is 2.22. The van der Waals surface area contributed by atoms with E-state index in [0.29, 0.717) is 18.9 Å². The van der Waals surface area contributed by atoms with Crippen molar-refractivity contribution in [2.24, 2.45) is 0 Å². The summed E-state index contributed by atoms with van der Waals surface area (Å²) in [6.07, 6.45) is 3.54. The van der Waals surface area contributed by atoms with Crippen molar-refractivity contribution in [2.45, 2.75) is 19.5 Å². The first-order valence-corrected chi connectivity index (χ1v) is 6.73. The van der Waals surface area contributed by atoms with Crippen LogP contribution in [0.3, 0.4) is 0 Å². The Hall–Kier alpha value is -1.08. The van der Waals surface area contributed by atoms with Crippen LogP contribution < -0.4 is 5.32 Å². The first kappa shape index (κ1) is 14.0. The summed E-state index contributed by atoms with van der Waals surface area (Å²) in [7, 11) is 1.65. The van der Waals surface area contributed by atoms with Crippen LogP contribution in [0.15, 0.2) is 6.33 Å². The first-order valence-electron chi connectivity index (χ1n) is 5.34. The number of hydrogen-bond acceptors (Lipinski definition) is 5. The molecule has 1 atom stereocenters. The summed E-state index contributed by atoms with van der Waals surface area (Å²) in [4.78, 5) is 11.5. The summed E-state index contributed by atoms with van der Waals surface area (Å²) >= 11 is 1.49. The molecule has 0 aromatic carbocycles. The van der Waals surface area contributed by atoms with Crippen molar-refractivity contribution < 1.29 is 9.53 Å². The van der Waals surface area contributed by atoms with Gasteiger partial charge in [-0.2, -0.15) is 11.8 Å². The fourth-order valence-corrected chi connectivity index (χ4v) is 1.79. The molecule has 1 aromatic rings. The van der Waals surface area contributed by atoms with Gasteiger partial charge in [-0.25, -0.2) is 0 Å². The second-order valence-electron chi connectivity index (χ2n) is 3.60. The summed E-state index contributed by atoms with van der Waals surface area (Å²) in [6.45, 7) is 3.17. The summed E-state index contributed by atoms with van der Waals surface area (Å²) in [5.74, 6) is 1.21. The Balaban J connectivity index is 2.58. The van der Waals surface area contributed by atoms with Crippen LogP contribution in [0.4, 0.5) is 0 Å². The lowest BCUT2D eigenvalue weighted by molar-refractivity contribution is -0.119. The van der Waals surface area contributed by atoms with E-state index in [-0.39, 0.29) is 11.9 Å². The quantitative estimate of drug-likeness (QED) is 0.769. The Morgan fingerprint density at radius 2 is 2.47 bits per heavy atom. The molecule has 0 aliphatic rings. The number of rotatable bonds is 7. The van der Waals surface area contributed by atoms with Gasteiger partial charge in [0.2, 0.25) is 5.91 Å². The maximum Gasteiger partial charge on any atom is 0.230 e. The van der Waals surface area contributed by atoms with Gasteiger partial charge in [-0.3, -0.25) is 4.79 Å². The fourth-order valence-electron chi connectivity index (χ4n) is 1.44. The normalized spacial score (nSPS) is 12.4. The molecule has 96 valence electrons. The molecule has 1 unspecified atom stereocenters. The molecule has 1 heterocycles. The number of methoxy groups -OCH3 is 1. The van der Waals surface area contributed by atoms with Crippen LogP contribution >= 0.6 is 11.8 Å². The van der Waals surface area contributed by atoms with Crippen LogP contribution in [0.5, 0.6) is 0 Å². The molecule has 1 aromatic heterocycles. The highest BCUT2D eigenvalue weighted by molar-refractivity contribution is 7.99. The summed E-state index contributed by atoms with van der Waals surface area (Å²) in [6, 6.07) is -0.144. The molecular weight excluding hydrogens is 240 g/mol. The van der Waals surface area contributed by atoms with E-state index in [4.69, 9.17) is 4.74 Å². The molecule has 17 heavy (non-hydrogen) atoms. The molecule has 0 aliphatic heterocycles. The first-order chi connectivity index (χ1) is 8.19. The Bertz CT molecular complexity index is 356. The zero-order chi connectivity index (χ0) is 12.7. The Morgan fingerprint density at radius 1 is 1.71 bits per heavy atom. The molecule has 6 nitrogen and oxygen atoms in total. The number of aromatic nitrogens is 3. The lowest BCUT2D eigenvalue weighted by Crippen LogP contribution is -2.30. The van der Waals surface area contributed by atoms with E-state index in [0.717, 1.165) is 5.82 Å². The third-order valence-corrected chi connectivity index (χ3v) is 2.77. The smallest absolute Gasteiger partial charge is 0.230 e. The zero-order valence-corrected chi connectivity index (χ0v) is 11.2. The second-order valence-corrected chi connectivity index (χ2v) is 4.46. The van der Waals surface area contributed by atoms with Gasteiger partial charge in [0.1, 0.15) is 6.33 Å². The van der Waals surface area contributed by atoms with Gasteiger partial charge in [-0.1, -0.05) is 0 Å². The maximum absolute atomic E-state index is 11.5. The van der Waals surface area contributed by atoms with E-state index in [1.807, 2.05) is 17.7 Å². The number of nitrogens with one attached hydrogen (secondary N) is 1. The Kier molecular flexibility index (Phi) is 5.99. The standard InChI is InChI=1S/C10H18N4O2S/c1-8(12-9(15)6-17-3)10-13-11-7-14(10)4-5-16-2/h7-8H,4-6H2,1-3H3,(H,12,15). The average Bonchev–Trinajstić information content (AvgIpc) is 2.74. The zero-order valence-electron chi connectivity index (χ0n) is 10.3. The van der Waals surface area contributed by atoms with Crippen molar-refractivity contribution in [3.63, 3.8) is 0 Å². The van der Waals surface area contributed by atoms with E-state index >= 15 is 0 Å². The molecule has 0 saturated carbocycles. The molecule has 1 N–H and O–H groups in total. The lowest BCUT2D eigenvalue weighted by Gasteiger charge is -2.14. The van der Waals surface area contributed by atoms with Crippen LogP contribution in [0.25, 0.3) is 0 Å². The second kappa shape index (κ2) is 7.29. The third kappa shape index (κ3) is 4.35. The van der Waals surface area contributed by atoms with Gasteiger partial charge < -0.3 is 14.6 Å². The summed E-state index contributed by atoms with van der Waals surface area (Å²) in [5.41, 5.74) is 0. The Morgan fingerprint density at radius 3 is 3.12 bits per heavy atom. The molecular formula is C10H18N4O2S. The molecule has 0 fully saturated rings. The Labute approximate surface area is 105 Å². The molecule has 0 aliphatic carbocycles. The van der Waals surface area contributed by atoms with Crippen LogP contribution in [0.2, 0.25) is 0 Å². The minimum absolute atomic E-state index is 0.00583.